The summed E-state index contributed by atoms with van der Waals surface area (Å²) < 4.78 is 51.9. The quantitative estimate of drug-likeness (QED) is 0.753. The molecule has 168 valence electrons. The molecule has 0 bridgehead atoms. The third-order valence-electron chi connectivity index (χ3n) is 6.53. The number of sulfone groups is 2. The van der Waals surface area contributed by atoms with Crippen LogP contribution in [0.1, 0.15) is 56.3 Å². The molecule has 1 aliphatic carbocycles. The van der Waals surface area contributed by atoms with Crippen LogP contribution in [0.3, 0.4) is 0 Å². The van der Waals surface area contributed by atoms with E-state index in [1.165, 1.54) is 5.56 Å². The predicted molar refractivity (Wildman–Crippen MR) is 124 cm³/mol. The highest BCUT2D eigenvalue weighted by atomic mass is 32.2. The lowest BCUT2D eigenvalue weighted by Gasteiger charge is -2.31. The lowest BCUT2D eigenvalue weighted by Crippen LogP contribution is -2.45. The van der Waals surface area contributed by atoms with E-state index >= 15 is 0 Å². The maximum atomic E-state index is 13.5. The Labute approximate surface area is 186 Å². The summed E-state index contributed by atoms with van der Waals surface area (Å²) in [6, 6.07) is 14.4. The molecule has 0 spiro atoms. The van der Waals surface area contributed by atoms with Crippen LogP contribution < -0.4 is 5.32 Å². The summed E-state index contributed by atoms with van der Waals surface area (Å²) in [5, 5.41) is 2.45. The van der Waals surface area contributed by atoms with Crippen molar-refractivity contribution in [1.82, 2.24) is 5.32 Å². The van der Waals surface area contributed by atoms with Crippen LogP contribution in [0.15, 0.2) is 53.4 Å². The molecule has 0 amide bonds. The number of aryl methyl sites for hydroxylation is 1. The monoisotopic (exact) mass is 461 g/mol. The zero-order valence-electron chi connectivity index (χ0n) is 18.3. The summed E-state index contributed by atoms with van der Waals surface area (Å²) in [4.78, 5) is 0.193. The Morgan fingerprint density at radius 1 is 0.968 bits per heavy atom. The van der Waals surface area contributed by atoms with Gasteiger partial charge in [-0.15, -0.1) is 0 Å². The highest BCUT2D eigenvalue weighted by molar-refractivity contribution is 7.96. The van der Waals surface area contributed by atoms with Crippen molar-refractivity contribution in [2.45, 2.75) is 67.7 Å². The van der Waals surface area contributed by atoms with E-state index in [0.717, 1.165) is 30.4 Å². The van der Waals surface area contributed by atoms with E-state index in [4.69, 9.17) is 0 Å². The second-order valence-electron chi connectivity index (χ2n) is 9.85. The summed E-state index contributed by atoms with van der Waals surface area (Å²) in [5.74, 6) is -0.474. The fourth-order valence-electron chi connectivity index (χ4n) is 4.78. The molecule has 1 unspecified atom stereocenters. The molecular formula is C24H31NO4S2. The van der Waals surface area contributed by atoms with Gasteiger partial charge in [-0.3, -0.25) is 0 Å². The van der Waals surface area contributed by atoms with Gasteiger partial charge in [0, 0.05) is 12.1 Å². The number of hydrogen-bond acceptors (Lipinski definition) is 5. The first kappa shape index (κ1) is 22.5. The molecule has 0 aromatic heterocycles. The van der Waals surface area contributed by atoms with Gasteiger partial charge in [-0.1, -0.05) is 57.2 Å². The van der Waals surface area contributed by atoms with Gasteiger partial charge in [-0.2, -0.15) is 0 Å². The van der Waals surface area contributed by atoms with Crippen molar-refractivity contribution < 1.29 is 16.8 Å². The van der Waals surface area contributed by atoms with Crippen molar-refractivity contribution in [3.05, 3.63) is 65.2 Å². The molecular weight excluding hydrogens is 430 g/mol. The number of benzene rings is 2. The molecule has 2 aromatic carbocycles. The van der Waals surface area contributed by atoms with Gasteiger partial charge in [0.05, 0.1) is 21.7 Å². The van der Waals surface area contributed by atoms with Crippen LogP contribution in [0, 0.1) is 0 Å². The van der Waals surface area contributed by atoms with Crippen molar-refractivity contribution in [3.8, 4) is 0 Å². The molecule has 4 rings (SSSR count). The molecule has 0 radical (unpaired) electrons. The Bertz CT molecular complexity index is 1160. The molecule has 7 heteroatoms. The van der Waals surface area contributed by atoms with Crippen LogP contribution in [0.4, 0.5) is 0 Å². The van der Waals surface area contributed by atoms with E-state index in [-0.39, 0.29) is 27.9 Å². The van der Waals surface area contributed by atoms with Crippen LogP contribution >= 0.6 is 0 Å². The summed E-state index contributed by atoms with van der Waals surface area (Å²) >= 11 is 0. The van der Waals surface area contributed by atoms with Crippen molar-refractivity contribution in [2.75, 3.05) is 11.5 Å². The number of nitrogens with one attached hydrogen (secondary N) is 1. The maximum absolute atomic E-state index is 13.5. The topological polar surface area (TPSA) is 80.3 Å². The average molecular weight is 462 g/mol. The van der Waals surface area contributed by atoms with E-state index in [1.807, 2.05) is 24.3 Å². The Hall–Kier alpha value is -1.70. The molecule has 1 heterocycles. The fourth-order valence-corrected chi connectivity index (χ4v) is 9.46. The second kappa shape index (κ2) is 8.01. The predicted octanol–water partition coefficient (Wildman–Crippen LogP) is 3.59. The van der Waals surface area contributed by atoms with Gasteiger partial charge in [-0.25, -0.2) is 16.8 Å². The van der Waals surface area contributed by atoms with Gasteiger partial charge in [0.1, 0.15) is 0 Å². The lowest BCUT2D eigenvalue weighted by atomic mass is 9.87. The van der Waals surface area contributed by atoms with E-state index in [0.29, 0.717) is 0 Å². The van der Waals surface area contributed by atoms with Crippen molar-refractivity contribution in [2.24, 2.45) is 0 Å². The highest BCUT2D eigenvalue weighted by Crippen LogP contribution is 2.33. The summed E-state index contributed by atoms with van der Waals surface area (Å²) in [5.41, 5.74) is 3.37. The summed E-state index contributed by atoms with van der Waals surface area (Å²) in [6.07, 6.45) is 2.87. The minimum Gasteiger partial charge on any atom is -0.305 e. The van der Waals surface area contributed by atoms with Gasteiger partial charge in [-0.05, 0) is 53.5 Å². The van der Waals surface area contributed by atoms with E-state index in [2.05, 4.69) is 38.2 Å². The van der Waals surface area contributed by atoms with Gasteiger partial charge < -0.3 is 5.32 Å². The van der Waals surface area contributed by atoms with Gasteiger partial charge in [0.15, 0.2) is 19.7 Å². The molecule has 31 heavy (non-hydrogen) atoms. The van der Waals surface area contributed by atoms with E-state index in [1.54, 1.807) is 12.1 Å². The van der Waals surface area contributed by atoms with Crippen molar-refractivity contribution in [3.63, 3.8) is 0 Å². The van der Waals surface area contributed by atoms with Crippen LogP contribution in [0.5, 0.6) is 0 Å². The Kier molecular flexibility index (Phi) is 5.82. The zero-order chi connectivity index (χ0) is 22.4. The molecule has 0 saturated carbocycles. The SMILES string of the molecule is CC(C)(C)c1ccc(S(=O)(=O)[C@H]2CS(=O)(=O)C[C@@H]2NC2CCCc3ccccc32)cc1. The average Bonchev–Trinajstić information content (AvgIpc) is 3.02. The number of hydrogen-bond donors (Lipinski definition) is 1. The van der Waals surface area contributed by atoms with Gasteiger partial charge in [0.2, 0.25) is 0 Å². The fraction of sp³-hybridized carbons (Fsp3) is 0.500. The number of fused-ring (bicyclic) bond motifs is 1. The molecule has 3 atom stereocenters. The summed E-state index contributed by atoms with van der Waals surface area (Å²) in [6.45, 7) is 6.21. The van der Waals surface area contributed by atoms with Crippen LogP contribution in [-0.4, -0.2) is 39.6 Å². The molecule has 1 N–H and O–H groups in total. The lowest BCUT2D eigenvalue weighted by molar-refractivity contribution is 0.410. The van der Waals surface area contributed by atoms with E-state index in [9.17, 15) is 16.8 Å². The van der Waals surface area contributed by atoms with Crippen molar-refractivity contribution >= 4 is 19.7 Å². The molecule has 1 aliphatic heterocycles. The first-order chi connectivity index (χ1) is 14.5. The Morgan fingerprint density at radius 2 is 1.65 bits per heavy atom. The highest BCUT2D eigenvalue weighted by Gasteiger charge is 2.46. The standard InChI is InChI=1S/C24H31NO4S2/c1-24(2,3)18-11-13-19(14-12-18)31(28,29)23-16-30(26,27)15-22(23)25-21-10-6-8-17-7-4-5-9-20(17)21/h4-5,7,9,11-14,21-23,25H,6,8,10,15-16H2,1-3H3/t21?,22-,23-/m0/s1. The zero-order valence-corrected chi connectivity index (χ0v) is 20.0. The van der Waals surface area contributed by atoms with Crippen LogP contribution in [0.25, 0.3) is 0 Å². The molecule has 5 nitrogen and oxygen atoms in total. The first-order valence-corrected chi connectivity index (χ1v) is 14.2. The number of rotatable bonds is 4. The Morgan fingerprint density at radius 3 is 2.32 bits per heavy atom. The third kappa shape index (κ3) is 4.59. The third-order valence-corrected chi connectivity index (χ3v) is 10.7. The summed E-state index contributed by atoms with van der Waals surface area (Å²) in [7, 11) is -7.23. The molecule has 1 fully saturated rings. The Balaban J connectivity index is 1.63. The molecule has 2 aliphatic rings. The normalized spacial score (nSPS) is 25.8. The van der Waals surface area contributed by atoms with Crippen LogP contribution in [0.2, 0.25) is 0 Å². The smallest absolute Gasteiger partial charge is 0.183 e. The van der Waals surface area contributed by atoms with E-state index < -0.39 is 31.0 Å². The second-order valence-corrected chi connectivity index (χ2v) is 14.2. The first-order valence-electron chi connectivity index (χ1n) is 10.9. The van der Waals surface area contributed by atoms with Gasteiger partial charge in [0.25, 0.3) is 0 Å². The van der Waals surface area contributed by atoms with Crippen LogP contribution in [-0.2, 0) is 31.5 Å². The molecule has 1 saturated heterocycles. The van der Waals surface area contributed by atoms with Gasteiger partial charge >= 0.3 is 0 Å². The van der Waals surface area contributed by atoms with Crippen molar-refractivity contribution in [1.29, 1.82) is 0 Å². The minimum absolute atomic E-state index is 0.0239. The minimum atomic E-state index is -3.79. The largest absolute Gasteiger partial charge is 0.305 e. The molecule has 2 aromatic rings. The maximum Gasteiger partial charge on any atom is 0.183 e.